The monoisotopic (exact) mass is 478 g/mol. The number of aryl methyl sites for hydroxylation is 4. The fourth-order valence-electron chi connectivity index (χ4n) is 3.71. The van der Waals surface area contributed by atoms with Crippen LogP contribution in [0.25, 0.3) is 0 Å². The first-order chi connectivity index (χ1) is 16.2. The number of aromatic nitrogens is 3. The maximum Gasteiger partial charge on any atom is 0.278 e. The van der Waals surface area contributed by atoms with Gasteiger partial charge in [0.1, 0.15) is 18.1 Å². The van der Waals surface area contributed by atoms with E-state index in [0.29, 0.717) is 34.3 Å². The Morgan fingerprint density at radius 1 is 1.09 bits per heavy atom. The zero-order chi connectivity index (χ0) is 24.4. The molecular weight excluding hydrogens is 452 g/mol. The Morgan fingerprint density at radius 2 is 1.88 bits per heavy atom. The Morgan fingerprint density at radius 3 is 2.62 bits per heavy atom. The Balaban J connectivity index is 1.51. The van der Waals surface area contributed by atoms with Gasteiger partial charge in [0, 0.05) is 5.02 Å². The number of amides is 1. The molecule has 1 N–H and O–H groups in total. The normalized spacial score (nSPS) is 11.0. The van der Waals surface area contributed by atoms with Crippen molar-refractivity contribution < 1.29 is 14.1 Å². The van der Waals surface area contributed by atoms with Gasteiger partial charge in [0.2, 0.25) is 0 Å². The summed E-state index contributed by atoms with van der Waals surface area (Å²) in [5.74, 6) is 0.896. The molecule has 4 aromatic rings. The van der Waals surface area contributed by atoms with Gasteiger partial charge in [-0.2, -0.15) is 5.10 Å². The highest BCUT2D eigenvalue weighted by Gasteiger charge is 2.23. The van der Waals surface area contributed by atoms with Crippen LogP contribution in [0.3, 0.4) is 0 Å². The van der Waals surface area contributed by atoms with E-state index in [-0.39, 0.29) is 18.2 Å². The third kappa shape index (κ3) is 4.99. The van der Waals surface area contributed by atoms with Crippen molar-refractivity contribution in [2.75, 3.05) is 5.32 Å². The molecule has 1 amide bonds. The molecular formula is C26H27ClN4O3. The zero-order valence-corrected chi connectivity index (χ0v) is 20.7. The van der Waals surface area contributed by atoms with Gasteiger partial charge in [-0.05, 0) is 75.6 Å². The molecule has 0 bridgehead atoms. The molecule has 0 spiro atoms. The summed E-state index contributed by atoms with van der Waals surface area (Å²) >= 11 is 6.11. The average molecular weight is 479 g/mol. The molecule has 0 saturated carbocycles. The Labute approximate surface area is 203 Å². The largest absolute Gasteiger partial charge is 0.489 e. The number of ether oxygens (including phenoxy) is 1. The molecule has 0 atom stereocenters. The van der Waals surface area contributed by atoms with Gasteiger partial charge < -0.3 is 14.6 Å². The van der Waals surface area contributed by atoms with Crippen molar-refractivity contribution >= 4 is 23.2 Å². The van der Waals surface area contributed by atoms with Crippen LogP contribution in [0.5, 0.6) is 5.75 Å². The molecule has 4 rings (SSSR count). The van der Waals surface area contributed by atoms with Crippen LogP contribution >= 0.6 is 11.6 Å². The zero-order valence-electron chi connectivity index (χ0n) is 19.9. The van der Waals surface area contributed by atoms with E-state index in [1.54, 1.807) is 6.92 Å². The van der Waals surface area contributed by atoms with Crippen LogP contribution in [0.4, 0.5) is 5.69 Å². The number of nitrogens with zero attached hydrogens (tertiary/aromatic N) is 3. The minimum Gasteiger partial charge on any atom is -0.489 e. The van der Waals surface area contributed by atoms with Gasteiger partial charge in [0.05, 0.1) is 29.2 Å². The van der Waals surface area contributed by atoms with Crippen LogP contribution in [0.15, 0.2) is 47.0 Å². The van der Waals surface area contributed by atoms with Crippen molar-refractivity contribution in [1.82, 2.24) is 14.9 Å². The molecule has 7 nitrogen and oxygen atoms in total. The summed E-state index contributed by atoms with van der Waals surface area (Å²) in [5, 5.41) is 12.2. The molecule has 34 heavy (non-hydrogen) atoms. The minimum atomic E-state index is -0.371. The second-order valence-electron chi connectivity index (χ2n) is 8.39. The number of hydrogen-bond acceptors (Lipinski definition) is 5. The van der Waals surface area contributed by atoms with Crippen molar-refractivity contribution in [2.24, 2.45) is 0 Å². The topological polar surface area (TPSA) is 82.2 Å². The lowest BCUT2D eigenvalue weighted by molar-refractivity contribution is 0.101. The Bertz CT molecular complexity index is 1360. The number of carbonyl (C=O) groups is 1. The lowest BCUT2D eigenvalue weighted by atomic mass is 10.1. The molecule has 0 fully saturated rings. The minimum absolute atomic E-state index is 0.173. The first-order valence-corrected chi connectivity index (χ1v) is 11.4. The Hall–Kier alpha value is -3.58. The van der Waals surface area contributed by atoms with Gasteiger partial charge in [0.25, 0.3) is 5.91 Å². The standard InChI is InChI=1S/C26H27ClN4O3/c1-15-9-10-22(11-16(15)2)33-14-23-19(5)34-30-25(23)26(32)28-24-17(3)29-31(18(24)4)13-20-7-6-8-21(27)12-20/h6-12H,13-14H2,1-5H3,(H,28,32). The van der Waals surface area contributed by atoms with Gasteiger partial charge in [0.15, 0.2) is 5.69 Å². The summed E-state index contributed by atoms with van der Waals surface area (Å²) in [6, 6.07) is 13.5. The number of halogens is 1. The quantitative estimate of drug-likeness (QED) is 0.355. The number of carbonyl (C=O) groups excluding carboxylic acids is 1. The highest BCUT2D eigenvalue weighted by atomic mass is 35.5. The fourth-order valence-corrected chi connectivity index (χ4v) is 3.92. The van der Waals surface area contributed by atoms with Crippen LogP contribution in [0.1, 0.15) is 49.9 Å². The molecule has 2 aromatic carbocycles. The van der Waals surface area contributed by atoms with E-state index in [4.69, 9.17) is 20.9 Å². The predicted molar refractivity (Wildman–Crippen MR) is 132 cm³/mol. The molecule has 2 aromatic heterocycles. The number of benzene rings is 2. The first kappa shape index (κ1) is 23.6. The molecule has 0 saturated heterocycles. The third-order valence-electron chi connectivity index (χ3n) is 5.90. The maximum atomic E-state index is 13.1. The van der Waals surface area contributed by atoms with Crippen LogP contribution < -0.4 is 10.1 Å². The second-order valence-corrected chi connectivity index (χ2v) is 8.82. The van der Waals surface area contributed by atoms with E-state index >= 15 is 0 Å². The van der Waals surface area contributed by atoms with Gasteiger partial charge in [-0.25, -0.2) is 0 Å². The second kappa shape index (κ2) is 9.73. The highest BCUT2D eigenvalue weighted by Crippen LogP contribution is 2.24. The summed E-state index contributed by atoms with van der Waals surface area (Å²) in [5.41, 5.74) is 6.34. The van der Waals surface area contributed by atoms with E-state index in [2.05, 4.69) is 15.6 Å². The van der Waals surface area contributed by atoms with E-state index in [1.165, 1.54) is 5.56 Å². The first-order valence-electron chi connectivity index (χ1n) is 11.0. The lowest BCUT2D eigenvalue weighted by Gasteiger charge is -2.09. The lowest BCUT2D eigenvalue weighted by Crippen LogP contribution is -2.16. The third-order valence-corrected chi connectivity index (χ3v) is 6.14. The van der Waals surface area contributed by atoms with Crippen LogP contribution in [0.2, 0.25) is 5.02 Å². The van der Waals surface area contributed by atoms with Crippen LogP contribution in [-0.4, -0.2) is 20.8 Å². The molecule has 0 aliphatic rings. The molecule has 0 unspecified atom stereocenters. The average Bonchev–Trinajstić information content (AvgIpc) is 3.29. The fraction of sp³-hybridized carbons (Fsp3) is 0.269. The molecule has 0 radical (unpaired) electrons. The number of rotatable bonds is 7. The Kier molecular flexibility index (Phi) is 6.75. The molecule has 176 valence electrons. The molecule has 0 aliphatic heterocycles. The summed E-state index contributed by atoms with van der Waals surface area (Å²) < 4.78 is 13.1. The number of nitrogens with one attached hydrogen (secondary N) is 1. The van der Waals surface area contributed by atoms with E-state index in [9.17, 15) is 4.79 Å². The van der Waals surface area contributed by atoms with Gasteiger partial charge in [-0.3, -0.25) is 9.48 Å². The van der Waals surface area contributed by atoms with Crippen LogP contribution in [-0.2, 0) is 13.2 Å². The van der Waals surface area contributed by atoms with Gasteiger partial charge >= 0.3 is 0 Å². The number of hydrogen-bond donors (Lipinski definition) is 1. The SMILES string of the molecule is Cc1ccc(OCc2c(C(=O)Nc3c(C)nn(Cc4cccc(Cl)c4)c3C)noc2C)cc1C. The predicted octanol–water partition coefficient (Wildman–Crippen LogP) is 5.95. The van der Waals surface area contributed by atoms with Crippen molar-refractivity contribution in [2.45, 2.75) is 47.8 Å². The maximum absolute atomic E-state index is 13.1. The van der Waals surface area contributed by atoms with Crippen molar-refractivity contribution in [3.63, 3.8) is 0 Å². The smallest absolute Gasteiger partial charge is 0.278 e. The molecule has 0 aliphatic carbocycles. The highest BCUT2D eigenvalue weighted by molar-refractivity contribution is 6.30. The van der Waals surface area contributed by atoms with Crippen molar-refractivity contribution in [3.8, 4) is 5.75 Å². The van der Waals surface area contributed by atoms with Crippen LogP contribution in [0, 0.1) is 34.6 Å². The summed E-state index contributed by atoms with van der Waals surface area (Å²) in [7, 11) is 0. The van der Waals surface area contributed by atoms with E-state index < -0.39 is 0 Å². The summed E-state index contributed by atoms with van der Waals surface area (Å²) in [4.78, 5) is 13.1. The van der Waals surface area contributed by atoms with Crippen molar-refractivity contribution in [1.29, 1.82) is 0 Å². The van der Waals surface area contributed by atoms with E-state index in [1.807, 2.05) is 74.8 Å². The van der Waals surface area contributed by atoms with Crippen molar-refractivity contribution in [3.05, 3.63) is 92.6 Å². The molecule has 8 heteroatoms. The molecule has 2 heterocycles. The number of anilines is 1. The van der Waals surface area contributed by atoms with Gasteiger partial charge in [-0.15, -0.1) is 0 Å². The van der Waals surface area contributed by atoms with Gasteiger partial charge in [-0.1, -0.05) is 35.0 Å². The van der Waals surface area contributed by atoms with E-state index in [0.717, 1.165) is 22.6 Å². The summed E-state index contributed by atoms with van der Waals surface area (Å²) in [6.07, 6.45) is 0. The summed E-state index contributed by atoms with van der Waals surface area (Å²) in [6.45, 7) is 10.3.